The monoisotopic (exact) mass is 481 g/mol. The summed E-state index contributed by atoms with van der Waals surface area (Å²) in [7, 11) is 3.02. The van der Waals surface area contributed by atoms with Crippen molar-refractivity contribution in [2.24, 2.45) is 0 Å². The van der Waals surface area contributed by atoms with Crippen LogP contribution in [0.1, 0.15) is 30.2 Å². The predicted octanol–water partition coefficient (Wildman–Crippen LogP) is 5.16. The zero-order chi connectivity index (χ0) is 24.7. The third-order valence-electron chi connectivity index (χ3n) is 6.93. The van der Waals surface area contributed by atoms with Gasteiger partial charge in [0.2, 0.25) is 0 Å². The van der Waals surface area contributed by atoms with E-state index in [2.05, 4.69) is 16.1 Å². The van der Waals surface area contributed by atoms with Crippen molar-refractivity contribution >= 4 is 27.9 Å². The third-order valence-corrected chi connectivity index (χ3v) is 6.93. The molecule has 0 atom stereocenters. The average Bonchev–Trinajstić information content (AvgIpc) is 3.35. The van der Waals surface area contributed by atoms with E-state index in [0.717, 1.165) is 56.7 Å². The Bertz CT molecular complexity index is 1420. The van der Waals surface area contributed by atoms with E-state index in [0.29, 0.717) is 19.6 Å². The fourth-order valence-electron chi connectivity index (χ4n) is 5.26. The number of halogens is 2. The highest BCUT2D eigenvalue weighted by Gasteiger charge is 2.37. The van der Waals surface area contributed by atoms with Gasteiger partial charge in [-0.3, -0.25) is 4.79 Å². The summed E-state index contributed by atoms with van der Waals surface area (Å²) in [6.07, 6.45) is 0.217. The van der Waals surface area contributed by atoms with E-state index in [1.165, 1.54) is 7.11 Å². The van der Waals surface area contributed by atoms with Gasteiger partial charge >= 0.3 is 5.97 Å². The van der Waals surface area contributed by atoms with Crippen LogP contribution in [0.3, 0.4) is 0 Å². The second-order valence-corrected chi connectivity index (χ2v) is 9.09. The molecule has 1 aliphatic carbocycles. The number of rotatable bonds is 7. The second-order valence-electron chi connectivity index (χ2n) is 9.09. The number of nitrogens with zero attached hydrogens (tertiary/aromatic N) is 3. The summed E-state index contributed by atoms with van der Waals surface area (Å²) in [5.41, 5.74) is 6.12. The van der Waals surface area contributed by atoms with E-state index in [9.17, 15) is 13.6 Å². The molecule has 0 saturated heterocycles. The molecule has 8 heteroatoms. The molecule has 35 heavy (non-hydrogen) atoms. The van der Waals surface area contributed by atoms with Crippen LogP contribution in [0.15, 0.2) is 36.4 Å². The van der Waals surface area contributed by atoms with Crippen LogP contribution < -0.4 is 0 Å². The number of esters is 1. The summed E-state index contributed by atoms with van der Waals surface area (Å²) < 4.78 is 43.1. The van der Waals surface area contributed by atoms with E-state index in [1.807, 2.05) is 36.4 Å². The maximum atomic E-state index is 14.4. The second kappa shape index (κ2) is 9.07. The summed E-state index contributed by atoms with van der Waals surface area (Å²) in [6.45, 7) is 3.88. The molecular formula is C27H29F2N3O3. The van der Waals surface area contributed by atoms with Crippen molar-refractivity contribution in [3.05, 3.63) is 53.2 Å². The van der Waals surface area contributed by atoms with Gasteiger partial charge in [-0.2, -0.15) is 0 Å². The van der Waals surface area contributed by atoms with Crippen LogP contribution >= 0.6 is 0 Å². The van der Waals surface area contributed by atoms with Crippen molar-refractivity contribution < 1.29 is 23.0 Å². The van der Waals surface area contributed by atoms with E-state index in [4.69, 9.17) is 14.5 Å². The number of imidazole rings is 1. The summed E-state index contributed by atoms with van der Waals surface area (Å²) >= 11 is 0. The van der Waals surface area contributed by atoms with Crippen LogP contribution in [-0.2, 0) is 46.6 Å². The Kier molecular flexibility index (Phi) is 6.09. The summed E-state index contributed by atoms with van der Waals surface area (Å²) in [4.78, 5) is 16.7. The minimum atomic E-state index is -2.68. The molecule has 0 bridgehead atoms. The number of fused-ring (bicyclic) bond motifs is 4. The van der Waals surface area contributed by atoms with Gasteiger partial charge in [-0.1, -0.05) is 6.07 Å². The SMILES string of the molecule is CCn1c2c(c3cc(-c4nc5cc(CC(=O)OC)ccc5n4CCOC)ccc31)CC(F)(F)CC2. The van der Waals surface area contributed by atoms with Gasteiger partial charge in [-0.15, -0.1) is 0 Å². The molecule has 0 N–H and O–H groups in total. The van der Waals surface area contributed by atoms with E-state index in [1.54, 1.807) is 7.11 Å². The lowest BCUT2D eigenvalue weighted by Gasteiger charge is -2.23. The van der Waals surface area contributed by atoms with Gasteiger partial charge in [0.15, 0.2) is 0 Å². The zero-order valence-electron chi connectivity index (χ0n) is 20.2. The standard InChI is InChI=1S/C27H29F2N3O3/c1-4-31-22-8-6-18(15-19(22)20-16-27(28,29)10-9-23(20)31)26-30-21-13-17(14-25(33)35-3)5-7-24(21)32(26)11-12-34-2/h5-8,13,15H,4,9-12,14,16H2,1-3H3. The molecule has 0 radical (unpaired) electrons. The molecule has 6 nitrogen and oxygen atoms in total. The predicted molar refractivity (Wildman–Crippen MR) is 131 cm³/mol. The highest BCUT2D eigenvalue weighted by Crippen LogP contribution is 2.40. The Balaban J connectivity index is 1.66. The number of hydrogen-bond donors (Lipinski definition) is 0. The number of alkyl halides is 2. The fraction of sp³-hybridized carbons (Fsp3) is 0.407. The number of carbonyl (C=O) groups is 1. The van der Waals surface area contributed by atoms with Gasteiger partial charge in [-0.25, -0.2) is 13.8 Å². The summed E-state index contributed by atoms with van der Waals surface area (Å²) in [5, 5.41) is 0.871. The lowest BCUT2D eigenvalue weighted by molar-refractivity contribution is -0.139. The van der Waals surface area contributed by atoms with Crippen LogP contribution in [0, 0.1) is 0 Å². The van der Waals surface area contributed by atoms with Crippen LogP contribution in [0.5, 0.6) is 0 Å². The Morgan fingerprint density at radius 3 is 2.66 bits per heavy atom. The van der Waals surface area contributed by atoms with E-state index in [-0.39, 0.29) is 25.2 Å². The van der Waals surface area contributed by atoms with E-state index >= 15 is 0 Å². The Hall–Kier alpha value is -3.26. The molecular weight excluding hydrogens is 452 g/mol. The largest absolute Gasteiger partial charge is 0.469 e. The maximum Gasteiger partial charge on any atom is 0.309 e. The number of ether oxygens (including phenoxy) is 2. The minimum absolute atomic E-state index is 0.107. The number of aryl methyl sites for hydroxylation is 1. The molecule has 0 saturated carbocycles. The normalized spacial score (nSPS) is 15.0. The molecule has 2 aromatic heterocycles. The van der Waals surface area contributed by atoms with Crippen molar-refractivity contribution in [3.8, 4) is 11.4 Å². The Morgan fingerprint density at radius 2 is 1.91 bits per heavy atom. The van der Waals surface area contributed by atoms with Gasteiger partial charge in [0.1, 0.15) is 5.82 Å². The molecule has 0 spiro atoms. The van der Waals surface area contributed by atoms with Gasteiger partial charge in [0, 0.05) is 55.2 Å². The van der Waals surface area contributed by atoms with Crippen molar-refractivity contribution in [2.45, 2.75) is 51.6 Å². The number of benzene rings is 2. The van der Waals surface area contributed by atoms with Crippen LogP contribution in [0.25, 0.3) is 33.3 Å². The number of hydrogen-bond acceptors (Lipinski definition) is 4. The lowest BCUT2D eigenvalue weighted by atomic mass is 9.92. The first kappa shape index (κ1) is 23.5. The number of methoxy groups -OCH3 is 2. The first-order valence-corrected chi connectivity index (χ1v) is 11.9. The zero-order valence-corrected chi connectivity index (χ0v) is 20.2. The average molecular weight is 482 g/mol. The molecule has 184 valence electrons. The van der Waals surface area contributed by atoms with Crippen molar-refractivity contribution in [1.82, 2.24) is 14.1 Å². The highest BCUT2D eigenvalue weighted by atomic mass is 19.3. The molecule has 4 aromatic rings. The smallest absolute Gasteiger partial charge is 0.309 e. The molecule has 0 amide bonds. The molecule has 0 unspecified atom stereocenters. The Morgan fingerprint density at radius 1 is 1.11 bits per heavy atom. The summed E-state index contributed by atoms with van der Waals surface area (Å²) in [6, 6.07) is 11.8. The third kappa shape index (κ3) is 4.20. The van der Waals surface area contributed by atoms with Gasteiger partial charge < -0.3 is 18.6 Å². The van der Waals surface area contributed by atoms with Gasteiger partial charge in [0.25, 0.3) is 5.92 Å². The highest BCUT2D eigenvalue weighted by molar-refractivity contribution is 5.91. The minimum Gasteiger partial charge on any atom is -0.469 e. The molecule has 2 aromatic carbocycles. The topological polar surface area (TPSA) is 58.3 Å². The molecule has 5 rings (SSSR count). The number of carbonyl (C=O) groups excluding carboxylic acids is 1. The van der Waals surface area contributed by atoms with Crippen molar-refractivity contribution in [3.63, 3.8) is 0 Å². The van der Waals surface area contributed by atoms with Crippen molar-refractivity contribution in [1.29, 1.82) is 0 Å². The lowest BCUT2D eigenvalue weighted by Crippen LogP contribution is -2.26. The van der Waals surface area contributed by atoms with E-state index < -0.39 is 5.92 Å². The van der Waals surface area contributed by atoms with Gasteiger partial charge in [-0.05, 0) is 54.8 Å². The molecule has 1 aliphatic rings. The maximum absolute atomic E-state index is 14.4. The van der Waals surface area contributed by atoms with Gasteiger partial charge in [0.05, 0.1) is 31.2 Å². The molecule has 0 aliphatic heterocycles. The Labute approximate surface area is 202 Å². The molecule has 2 heterocycles. The summed E-state index contributed by atoms with van der Waals surface area (Å²) in [5.74, 6) is -2.25. The first-order valence-electron chi connectivity index (χ1n) is 11.9. The quantitative estimate of drug-likeness (QED) is 0.342. The number of aromatic nitrogens is 3. The van der Waals surface area contributed by atoms with Crippen molar-refractivity contribution in [2.75, 3.05) is 20.8 Å². The first-order chi connectivity index (χ1) is 16.8. The van der Waals surface area contributed by atoms with Crippen LogP contribution in [-0.4, -0.2) is 46.8 Å². The van der Waals surface area contributed by atoms with Crippen LogP contribution in [0.2, 0.25) is 0 Å². The van der Waals surface area contributed by atoms with Crippen LogP contribution in [0.4, 0.5) is 8.78 Å². The molecule has 0 fully saturated rings. The fourth-order valence-corrected chi connectivity index (χ4v) is 5.26.